The molecule has 0 aromatic rings. The number of hydrogen-bond acceptors (Lipinski definition) is 0. The van der Waals surface area contributed by atoms with Crippen molar-refractivity contribution < 1.29 is 0 Å². The zero-order valence-corrected chi connectivity index (χ0v) is 12.0. The predicted octanol–water partition coefficient (Wildman–Crippen LogP) is 5.53. The second kappa shape index (κ2) is 6.83. The van der Waals surface area contributed by atoms with Gasteiger partial charge in [0.05, 0.1) is 0 Å². The molecular formula is C17H28. The van der Waals surface area contributed by atoms with Crippen LogP contribution in [-0.2, 0) is 0 Å². The van der Waals surface area contributed by atoms with E-state index in [0.29, 0.717) is 11.8 Å². The molecule has 3 atom stereocenters. The quantitative estimate of drug-likeness (QED) is 0.528. The third kappa shape index (κ3) is 4.18. The molecule has 0 aliphatic heterocycles. The van der Waals surface area contributed by atoms with Crippen molar-refractivity contribution in [2.24, 2.45) is 17.8 Å². The van der Waals surface area contributed by atoms with Crippen molar-refractivity contribution in [1.82, 2.24) is 0 Å². The molecule has 0 spiro atoms. The van der Waals surface area contributed by atoms with Crippen LogP contribution in [0.3, 0.4) is 0 Å². The molecule has 0 aromatic heterocycles. The normalized spacial score (nSPS) is 21.2. The van der Waals surface area contributed by atoms with Gasteiger partial charge in [-0.2, -0.15) is 0 Å². The van der Waals surface area contributed by atoms with E-state index in [4.69, 9.17) is 0 Å². The summed E-state index contributed by atoms with van der Waals surface area (Å²) in [7, 11) is 0. The minimum Gasteiger partial charge on any atom is -0.103 e. The lowest BCUT2D eigenvalue weighted by molar-refractivity contribution is 0.358. The van der Waals surface area contributed by atoms with Crippen LogP contribution in [0.2, 0.25) is 0 Å². The maximum absolute atomic E-state index is 3.98. The average Bonchev–Trinajstić information content (AvgIpc) is 2.36. The van der Waals surface area contributed by atoms with Crippen LogP contribution >= 0.6 is 0 Å². The highest BCUT2D eigenvalue weighted by Crippen LogP contribution is 2.34. The van der Waals surface area contributed by atoms with Gasteiger partial charge in [-0.3, -0.25) is 0 Å². The lowest BCUT2D eigenvalue weighted by atomic mass is 9.77. The Morgan fingerprint density at radius 2 is 2.00 bits per heavy atom. The van der Waals surface area contributed by atoms with Crippen molar-refractivity contribution >= 4 is 0 Å². The molecule has 0 aromatic carbocycles. The Morgan fingerprint density at radius 1 is 1.29 bits per heavy atom. The number of allylic oxidation sites excluding steroid dienone is 5. The van der Waals surface area contributed by atoms with Gasteiger partial charge in [0.15, 0.2) is 0 Å². The summed E-state index contributed by atoms with van der Waals surface area (Å²) in [6.07, 6.45) is 11.9. The number of hydrogen-bond donors (Lipinski definition) is 0. The molecule has 1 rings (SSSR count). The minimum atomic E-state index is 0.599. The van der Waals surface area contributed by atoms with Crippen LogP contribution in [0, 0.1) is 17.8 Å². The van der Waals surface area contributed by atoms with Gasteiger partial charge in [-0.15, -0.1) is 6.58 Å². The van der Waals surface area contributed by atoms with Crippen molar-refractivity contribution in [1.29, 1.82) is 0 Å². The molecule has 0 bridgehead atoms. The summed E-state index contributed by atoms with van der Waals surface area (Å²) < 4.78 is 0. The highest BCUT2D eigenvalue weighted by atomic mass is 14.3. The van der Waals surface area contributed by atoms with Crippen molar-refractivity contribution in [3.8, 4) is 0 Å². The lowest BCUT2D eigenvalue weighted by Crippen LogP contribution is -2.17. The molecule has 96 valence electrons. The fourth-order valence-corrected chi connectivity index (χ4v) is 2.53. The Labute approximate surface area is 108 Å². The monoisotopic (exact) mass is 232 g/mol. The van der Waals surface area contributed by atoms with Gasteiger partial charge in [0.25, 0.3) is 0 Å². The maximum atomic E-state index is 3.98. The van der Waals surface area contributed by atoms with E-state index in [2.05, 4.69) is 52.5 Å². The molecule has 0 saturated heterocycles. The van der Waals surface area contributed by atoms with Gasteiger partial charge in [-0.1, -0.05) is 56.6 Å². The Bertz CT molecular complexity index is 306. The van der Waals surface area contributed by atoms with Crippen LogP contribution in [0.15, 0.2) is 36.0 Å². The molecular weight excluding hydrogens is 204 g/mol. The Balaban J connectivity index is 2.79. The third-order valence-corrected chi connectivity index (χ3v) is 4.23. The van der Waals surface area contributed by atoms with Gasteiger partial charge in [0.2, 0.25) is 0 Å². The molecule has 3 unspecified atom stereocenters. The summed E-state index contributed by atoms with van der Waals surface area (Å²) in [6.45, 7) is 13.2. The first-order valence-corrected chi connectivity index (χ1v) is 7.07. The molecule has 0 fully saturated rings. The van der Waals surface area contributed by atoms with Crippen molar-refractivity contribution in [2.75, 3.05) is 0 Å². The molecule has 1 aliphatic carbocycles. The van der Waals surface area contributed by atoms with Crippen molar-refractivity contribution in [3.63, 3.8) is 0 Å². The molecule has 0 radical (unpaired) electrons. The van der Waals surface area contributed by atoms with Crippen LogP contribution in [-0.4, -0.2) is 0 Å². The van der Waals surface area contributed by atoms with Crippen LogP contribution in [0.4, 0.5) is 0 Å². The Kier molecular flexibility index (Phi) is 5.74. The molecule has 0 amide bonds. The second-order valence-electron chi connectivity index (χ2n) is 5.71. The third-order valence-electron chi connectivity index (χ3n) is 4.23. The van der Waals surface area contributed by atoms with Crippen LogP contribution in [0.5, 0.6) is 0 Å². The summed E-state index contributed by atoms with van der Waals surface area (Å²) >= 11 is 0. The van der Waals surface area contributed by atoms with E-state index in [0.717, 1.165) is 5.92 Å². The first kappa shape index (κ1) is 14.3. The molecule has 0 heteroatoms. The summed E-state index contributed by atoms with van der Waals surface area (Å²) in [5.74, 6) is 2.11. The highest BCUT2D eigenvalue weighted by molar-refractivity contribution is 5.25. The molecule has 1 aliphatic rings. The largest absolute Gasteiger partial charge is 0.103 e. The molecule has 0 N–H and O–H groups in total. The summed E-state index contributed by atoms with van der Waals surface area (Å²) in [5.41, 5.74) is 3.16. The standard InChI is InChI=1S/C17H28/c1-6-13(3)12-17(15(5)7-2)16-10-8-14(4)9-11-16/h7-8,10,13,15,17H,2,6,9,11-12H2,1,3-5H3. The van der Waals surface area contributed by atoms with E-state index in [9.17, 15) is 0 Å². The van der Waals surface area contributed by atoms with Crippen LogP contribution < -0.4 is 0 Å². The van der Waals surface area contributed by atoms with Gasteiger partial charge in [0, 0.05) is 0 Å². The fraction of sp³-hybridized carbons (Fsp3) is 0.647. The molecule has 17 heavy (non-hydrogen) atoms. The first-order valence-electron chi connectivity index (χ1n) is 7.07. The molecule has 0 heterocycles. The van der Waals surface area contributed by atoms with E-state index in [1.807, 2.05) is 0 Å². The van der Waals surface area contributed by atoms with Gasteiger partial charge < -0.3 is 0 Å². The SMILES string of the molecule is C=CC(C)C(CC(C)CC)C1=CC=C(C)CC1. The van der Waals surface area contributed by atoms with E-state index in [-0.39, 0.29) is 0 Å². The minimum absolute atomic E-state index is 0.599. The second-order valence-corrected chi connectivity index (χ2v) is 5.71. The van der Waals surface area contributed by atoms with E-state index < -0.39 is 0 Å². The van der Waals surface area contributed by atoms with Gasteiger partial charge in [0.1, 0.15) is 0 Å². The Hall–Kier alpha value is -0.780. The first-order chi connectivity index (χ1) is 8.08. The van der Waals surface area contributed by atoms with Crippen LogP contribution in [0.1, 0.15) is 53.4 Å². The van der Waals surface area contributed by atoms with Gasteiger partial charge >= 0.3 is 0 Å². The van der Waals surface area contributed by atoms with E-state index >= 15 is 0 Å². The van der Waals surface area contributed by atoms with Gasteiger partial charge in [-0.25, -0.2) is 0 Å². The molecule has 0 saturated carbocycles. The van der Waals surface area contributed by atoms with Crippen LogP contribution in [0.25, 0.3) is 0 Å². The predicted molar refractivity (Wildman–Crippen MR) is 78.0 cm³/mol. The van der Waals surface area contributed by atoms with Gasteiger partial charge in [-0.05, 0) is 43.9 Å². The van der Waals surface area contributed by atoms with Crippen molar-refractivity contribution in [3.05, 3.63) is 36.0 Å². The van der Waals surface area contributed by atoms with Crippen molar-refractivity contribution in [2.45, 2.75) is 53.4 Å². The zero-order chi connectivity index (χ0) is 12.8. The highest BCUT2D eigenvalue weighted by Gasteiger charge is 2.22. The zero-order valence-electron chi connectivity index (χ0n) is 12.0. The Morgan fingerprint density at radius 3 is 2.47 bits per heavy atom. The van der Waals surface area contributed by atoms with E-state index in [1.54, 1.807) is 5.57 Å². The summed E-state index contributed by atoms with van der Waals surface area (Å²) in [6, 6.07) is 0. The maximum Gasteiger partial charge on any atom is -0.0137 e. The fourth-order valence-electron chi connectivity index (χ4n) is 2.53. The average molecular weight is 232 g/mol. The summed E-state index contributed by atoms with van der Waals surface area (Å²) in [5, 5.41) is 0. The lowest BCUT2D eigenvalue weighted by Gasteiger charge is -2.28. The smallest absolute Gasteiger partial charge is 0.0137 e. The number of rotatable bonds is 6. The van der Waals surface area contributed by atoms with E-state index in [1.165, 1.54) is 31.3 Å². The topological polar surface area (TPSA) is 0 Å². The molecule has 0 nitrogen and oxygen atoms in total. The summed E-state index contributed by atoms with van der Waals surface area (Å²) in [4.78, 5) is 0.